The van der Waals surface area contributed by atoms with Crippen LogP contribution in [-0.2, 0) is 0 Å². The Morgan fingerprint density at radius 1 is 1.67 bits per heavy atom. The molecule has 0 saturated carbocycles. The van der Waals surface area contributed by atoms with Gasteiger partial charge in [0.05, 0.1) is 0 Å². The summed E-state index contributed by atoms with van der Waals surface area (Å²) in [5, 5.41) is 15.3. The van der Waals surface area contributed by atoms with Gasteiger partial charge in [0, 0.05) is 0 Å². The van der Waals surface area contributed by atoms with E-state index in [1.54, 1.807) is 0 Å². The molecule has 0 rings (SSSR count). The van der Waals surface area contributed by atoms with Gasteiger partial charge >= 0.3 is 48.4 Å². The van der Waals surface area contributed by atoms with Gasteiger partial charge < -0.3 is 15.0 Å². The molecule has 5 heteroatoms. The maximum atomic E-state index is 8.44. The molecule has 0 unspecified atom stereocenters. The van der Waals surface area contributed by atoms with Gasteiger partial charge in [-0.1, -0.05) is 0 Å². The van der Waals surface area contributed by atoms with Crippen LogP contribution in [0.25, 0.3) is 0 Å². The summed E-state index contributed by atoms with van der Waals surface area (Å²) in [6, 6.07) is 0. The summed E-state index contributed by atoms with van der Waals surface area (Å²) in [4.78, 5) is 8.44. The standard InChI is InChI=1S/CH2O3.Li.Na.H/c2-1(3)4;;;/h(H2,2,3,4);;;/q;;+1;/p-1. The molecule has 0 amide bonds. The third-order valence-corrected chi connectivity index (χ3v) is 0. The van der Waals surface area contributed by atoms with Crippen LogP contribution in [0.1, 0.15) is 0 Å². The number of hydrogen-bond acceptors (Lipinski definition) is 2. The molecular weight excluding hydrogens is 89.9 g/mol. The molecule has 0 spiro atoms. The van der Waals surface area contributed by atoms with Crippen molar-refractivity contribution in [3.05, 3.63) is 0 Å². The van der Waals surface area contributed by atoms with Gasteiger partial charge in [-0.05, 0) is 0 Å². The second-order valence-corrected chi connectivity index (χ2v) is 0.266. The Hall–Kier alpha value is 0.867. The Balaban J connectivity index is -0.0000000450. The van der Waals surface area contributed by atoms with E-state index < -0.39 is 6.16 Å². The largest absolute Gasteiger partial charge is 1.00 e. The van der Waals surface area contributed by atoms with Crippen molar-refractivity contribution in [2.75, 3.05) is 0 Å². The summed E-state index contributed by atoms with van der Waals surface area (Å²) in [6.45, 7) is 0. The van der Waals surface area contributed by atoms with Crippen LogP contribution in [0.5, 0.6) is 0 Å². The number of carbonyl (C=O) groups is 1. The van der Waals surface area contributed by atoms with E-state index in [-0.39, 0.29) is 48.4 Å². The van der Waals surface area contributed by atoms with Crippen molar-refractivity contribution < 1.29 is 44.6 Å². The van der Waals surface area contributed by atoms with Gasteiger partial charge in [-0.25, -0.2) is 0 Å². The van der Waals surface area contributed by atoms with Gasteiger partial charge in [0.1, 0.15) is 0 Å². The Labute approximate surface area is 69.2 Å². The molecule has 0 atom stereocenters. The molecule has 0 bridgehead atoms. The Morgan fingerprint density at radius 3 is 1.67 bits per heavy atom. The second-order valence-electron chi connectivity index (χ2n) is 0.266. The molecule has 0 aliphatic carbocycles. The number of hydrogen-bond donors (Lipinski definition) is 1. The molecule has 0 heterocycles. The minimum Gasteiger partial charge on any atom is 1.00 e. The van der Waals surface area contributed by atoms with Crippen LogP contribution in [0.4, 0.5) is 4.79 Å². The van der Waals surface area contributed by atoms with Gasteiger partial charge in [-0.3, -0.25) is 0 Å². The molecule has 0 radical (unpaired) electrons. The summed E-state index contributed by atoms with van der Waals surface area (Å²) in [7, 11) is 0. The molecule has 0 fully saturated rings. The minimum absolute atomic E-state index is 0. The first-order valence-corrected chi connectivity index (χ1v) is 0.632. The third-order valence-electron chi connectivity index (χ3n) is 0. The van der Waals surface area contributed by atoms with Gasteiger partial charge in [0.15, 0.2) is 0 Å². The van der Waals surface area contributed by atoms with Crippen LogP contribution in [0.15, 0.2) is 0 Å². The SMILES string of the molecule is O=C([O-])O.[LiH].[Na+]. The fourth-order valence-corrected chi connectivity index (χ4v) is 0. The summed E-state index contributed by atoms with van der Waals surface area (Å²) in [6.07, 6.45) is -2.08. The van der Waals surface area contributed by atoms with E-state index in [1.807, 2.05) is 0 Å². The van der Waals surface area contributed by atoms with E-state index in [0.717, 1.165) is 0 Å². The summed E-state index contributed by atoms with van der Waals surface area (Å²) < 4.78 is 0. The predicted octanol–water partition coefficient (Wildman–Crippen LogP) is -4.76. The molecule has 0 aromatic carbocycles. The van der Waals surface area contributed by atoms with Crippen LogP contribution in [0.3, 0.4) is 0 Å². The van der Waals surface area contributed by atoms with Crippen LogP contribution < -0.4 is 34.7 Å². The Bertz CT molecular complexity index is 33.8. The molecule has 0 aromatic rings. The Morgan fingerprint density at radius 2 is 1.67 bits per heavy atom. The van der Waals surface area contributed by atoms with Crippen molar-refractivity contribution in [3.8, 4) is 0 Å². The molecular formula is CH2LiNaO3. The topological polar surface area (TPSA) is 60.4 Å². The zero-order valence-electron chi connectivity index (χ0n) is 2.76. The molecule has 0 saturated heterocycles. The van der Waals surface area contributed by atoms with Crippen molar-refractivity contribution >= 4 is 25.0 Å². The van der Waals surface area contributed by atoms with E-state index in [0.29, 0.717) is 0 Å². The fraction of sp³-hybridized carbons (Fsp3) is 0. The molecule has 3 nitrogen and oxygen atoms in total. The fourth-order valence-electron chi connectivity index (χ4n) is 0. The van der Waals surface area contributed by atoms with E-state index in [9.17, 15) is 0 Å². The molecule has 0 aliphatic heterocycles. The molecule has 0 aliphatic rings. The van der Waals surface area contributed by atoms with Crippen molar-refractivity contribution in [1.82, 2.24) is 0 Å². The minimum atomic E-state index is -2.08. The normalized spacial score (nSPS) is 4.00. The average molecular weight is 92.0 g/mol. The quantitative estimate of drug-likeness (QED) is 0.305. The van der Waals surface area contributed by atoms with Crippen LogP contribution >= 0.6 is 0 Å². The molecule has 1 N–H and O–H groups in total. The van der Waals surface area contributed by atoms with E-state index in [1.165, 1.54) is 0 Å². The third kappa shape index (κ3) is 96.8. The van der Waals surface area contributed by atoms with Crippen molar-refractivity contribution in [1.29, 1.82) is 0 Å². The second kappa shape index (κ2) is 9.29. The van der Waals surface area contributed by atoms with Crippen LogP contribution in [0, 0.1) is 0 Å². The summed E-state index contributed by atoms with van der Waals surface area (Å²) in [5.41, 5.74) is 0. The summed E-state index contributed by atoms with van der Waals surface area (Å²) in [5.74, 6) is 0. The maximum Gasteiger partial charge on any atom is 1.00 e. The maximum absolute atomic E-state index is 8.44. The molecule has 26 valence electrons. The smallest absolute Gasteiger partial charge is 1.00 e. The van der Waals surface area contributed by atoms with E-state index in [4.69, 9.17) is 15.0 Å². The van der Waals surface area contributed by atoms with Gasteiger partial charge in [-0.2, -0.15) is 0 Å². The van der Waals surface area contributed by atoms with Gasteiger partial charge in [0.2, 0.25) is 6.16 Å². The van der Waals surface area contributed by atoms with Crippen molar-refractivity contribution in [2.45, 2.75) is 0 Å². The summed E-state index contributed by atoms with van der Waals surface area (Å²) >= 11 is 0. The molecule has 0 aromatic heterocycles. The first-order valence-electron chi connectivity index (χ1n) is 0.632. The van der Waals surface area contributed by atoms with Crippen LogP contribution in [0.2, 0.25) is 0 Å². The first kappa shape index (κ1) is 15.8. The van der Waals surface area contributed by atoms with Crippen molar-refractivity contribution in [2.24, 2.45) is 0 Å². The van der Waals surface area contributed by atoms with Gasteiger partial charge in [-0.15, -0.1) is 0 Å². The first-order chi connectivity index (χ1) is 1.73. The van der Waals surface area contributed by atoms with Gasteiger partial charge in [0.25, 0.3) is 0 Å². The van der Waals surface area contributed by atoms with E-state index in [2.05, 4.69) is 0 Å². The van der Waals surface area contributed by atoms with Crippen LogP contribution in [-0.4, -0.2) is 30.1 Å². The number of carboxylic acid groups (broad SMARTS) is 2. The number of rotatable bonds is 0. The Kier molecular flexibility index (Phi) is 24.5. The van der Waals surface area contributed by atoms with Crippen molar-refractivity contribution in [3.63, 3.8) is 0 Å². The predicted molar refractivity (Wildman–Crippen MR) is 15.2 cm³/mol. The average Bonchev–Trinajstić information content (AvgIpc) is 0.811. The zero-order valence-corrected chi connectivity index (χ0v) is 4.76. The molecule has 6 heavy (non-hydrogen) atoms. The monoisotopic (exact) mass is 92.0 g/mol. The van der Waals surface area contributed by atoms with E-state index >= 15 is 0 Å². The zero-order chi connectivity index (χ0) is 3.58.